The lowest BCUT2D eigenvalue weighted by atomic mass is 9.72. The molecule has 0 fully saturated rings. The molecule has 0 unspecified atom stereocenters. The van der Waals surface area contributed by atoms with Crippen molar-refractivity contribution < 1.29 is 17.6 Å². The van der Waals surface area contributed by atoms with Crippen molar-refractivity contribution in [3.05, 3.63) is 103 Å². The van der Waals surface area contributed by atoms with Crippen LogP contribution < -0.4 is 0 Å². The maximum Gasteiger partial charge on any atom is 0.271 e. The van der Waals surface area contributed by atoms with Crippen LogP contribution in [0.3, 0.4) is 0 Å². The average Bonchev–Trinajstić information content (AvgIpc) is 2.72. The predicted molar refractivity (Wildman–Crippen MR) is 129 cm³/mol. The van der Waals surface area contributed by atoms with Gasteiger partial charge in [-0.2, -0.15) is 5.26 Å². The van der Waals surface area contributed by atoms with E-state index in [4.69, 9.17) is 0 Å². The standard InChI is InChI=1S/C26H21Br2F4N/c1-24(29,30)20-10-8-17(12-22(20)27)14-26(16-33,19-6-4-3-5-7-19)15-18-9-11-21(23(28)13-18)25(2,31)32/h3-13H,14-15H2,1-2H3. The van der Waals surface area contributed by atoms with Crippen LogP contribution >= 0.6 is 31.9 Å². The molecule has 0 aliphatic heterocycles. The van der Waals surface area contributed by atoms with E-state index in [1.807, 2.05) is 30.3 Å². The average molecular weight is 583 g/mol. The SMILES string of the molecule is CC(F)(F)c1ccc(CC(C#N)(Cc2ccc(C(C)(F)F)c(Br)c2)c2ccccc2)cc1Br. The van der Waals surface area contributed by atoms with Gasteiger partial charge in [0, 0.05) is 33.9 Å². The van der Waals surface area contributed by atoms with E-state index < -0.39 is 17.3 Å². The van der Waals surface area contributed by atoms with Gasteiger partial charge in [0.15, 0.2) is 0 Å². The van der Waals surface area contributed by atoms with Gasteiger partial charge in [-0.3, -0.25) is 0 Å². The topological polar surface area (TPSA) is 23.8 Å². The lowest BCUT2D eigenvalue weighted by Crippen LogP contribution is -2.30. The summed E-state index contributed by atoms with van der Waals surface area (Å²) in [5, 5.41) is 10.3. The Labute approximate surface area is 207 Å². The molecule has 3 rings (SSSR count). The molecule has 0 heterocycles. The number of nitriles is 1. The van der Waals surface area contributed by atoms with E-state index in [9.17, 15) is 22.8 Å². The summed E-state index contributed by atoms with van der Waals surface area (Å²) in [5.41, 5.74) is 0.871. The largest absolute Gasteiger partial charge is 0.271 e. The molecule has 0 N–H and O–H groups in total. The number of alkyl halides is 4. The second-order valence-corrected chi connectivity index (χ2v) is 10.0. The Bertz CT molecular complexity index is 1110. The van der Waals surface area contributed by atoms with E-state index in [0.29, 0.717) is 11.1 Å². The van der Waals surface area contributed by atoms with E-state index in [1.54, 1.807) is 24.3 Å². The normalized spacial score (nSPS) is 12.5. The van der Waals surface area contributed by atoms with Crippen LogP contribution in [0.1, 0.15) is 41.7 Å². The first-order valence-corrected chi connectivity index (χ1v) is 11.7. The molecule has 0 saturated carbocycles. The van der Waals surface area contributed by atoms with Crippen molar-refractivity contribution in [3.63, 3.8) is 0 Å². The Morgan fingerprint density at radius 1 is 0.727 bits per heavy atom. The second-order valence-electron chi connectivity index (χ2n) is 8.32. The van der Waals surface area contributed by atoms with Crippen molar-refractivity contribution in [1.29, 1.82) is 5.26 Å². The second kappa shape index (κ2) is 9.60. The highest BCUT2D eigenvalue weighted by atomic mass is 79.9. The monoisotopic (exact) mass is 581 g/mol. The van der Waals surface area contributed by atoms with Gasteiger partial charge < -0.3 is 0 Å². The van der Waals surface area contributed by atoms with Gasteiger partial charge in [0.1, 0.15) is 0 Å². The maximum absolute atomic E-state index is 13.8. The van der Waals surface area contributed by atoms with Gasteiger partial charge in [-0.15, -0.1) is 0 Å². The molecule has 1 nitrogen and oxygen atoms in total. The van der Waals surface area contributed by atoms with Crippen molar-refractivity contribution in [3.8, 4) is 6.07 Å². The molecule has 0 amide bonds. The summed E-state index contributed by atoms with van der Waals surface area (Å²) >= 11 is 6.46. The first-order valence-electron chi connectivity index (χ1n) is 10.2. The molecule has 0 bridgehead atoms. The fourth-order valence-corrected chi connectivity index (χ4v) is 5.46. The van der Waals surface area contributed by atoms with Crippen molar-refractivity contribution in [2.75, 3.05) is 0 Å². The molecular formula is C26H21Br2F4N. The smallest absolute Gasteiger partial charge is 0.202 e. The number of benzene rings is 3. The first kappa shape index (κ1) is 25.5. The van der Waals surface area contributed by atoms with Crippen molar-refractivity contribution in [2.45, 2.75) is 43.9 Å². The molecule has 172 valence electrons. The van der Waals surface area contributed by atoms with Gasteiger partial charge in [0.25, 0.3) is 11.8 Å². The van der Waals surface area contributed by atoms with Gasteiger partial charge in [-0.05, 0) is 41.7 Å². The maximum atomic E-state index is 13.8. The number of rotatable bonds is 7. The molecule has 0 aromatic heterocycles. The minimum Gasteiger partial charge on any atom is -0.202 e. The van der Waals surface area contributed by atoms with Crippen LogP contribution in [0.2, 0.25) is 0 Å². The van der Waals surface area contributed by atoms with E-state index in [0.717, 1.165) is 19.4 Å². The highest BCUT2D eigenvalue weighted by Crippen LogP contribution is 2.38. The van der Waals surface area contributed by atoms with Crippen LogP contribution in [-0.4, -0.2) is 0 Å². The van der Waals surface area contributed by atoms with E-state index in [2.05, 4.69) is 37.9 Å². The van der Waals surface area contributed by atoms with Crippen LogP contribution in [0, 0.1) is 11.3 Å². The number of halogens is 6. The number of nitrogens with zero attached hydrogens (tertiary/aromatic N) is 1. The van der Waals surface area contributed by atoms with E-state index in [1.165, 1.54) is 12.1 Å². The molecule has 3 aromatic rings. The molecule has 0 saturated heterocycles. The zero-order valence-electron chi connectivity index (χ0n) is 18.0. The number of hydrogen-bond donors (Lipinski definition) is 0. The van der Waals surface area contributed by atoms with Crippen LogP contribution in [-0.2, 0) is 30.1 Å². The third kappa shape index (κ3) is 5.85. The number of hydrogen-bond acceptors (Lipinski definition) is 1. The van der Waals surface area contributed by atoms with Crippen LogP contribution in [0.5, 0.6) is 0 Å². The van der Waals surface area contributed by atoms with Crippen LogP contribution in [0.25, 0.3) is 0 Å². The predicted octanol–water partition coefficient (Wildman–Crippen LogP) is 8.68. The minimum absolute atomic E-state index is 0.131. The van der Waals surface area contributed by atoms with Crippen molar-refractivity contribution in [1.82, 2.24) is 0 Å². The van der Waals surface area contributed by atoms with E-state index in [-0.39, 0.29) is 32.9 Å². The van der Waals surface area contributed by atoms with Gasteiger partial charge in [-0.1, -0.05) is 86.5 Å². The fraction of sp³-hybridized carbons (Fsp3) is 0.269. The zero-order valence-corrected chi connectivity index (χ0v) is 21.2. The minimum atomic E-state index is -3.00. The summed E-state index contributed by atoms with van der Waals surface area (Å²) < 4.78 is 55.8. The molecule has 0 aliphatic carbocycles. The molecule has 0 aliphatic rings. The Morgan fingerprint density at radius 2 is 1.15 bits per heavy atom. The Hall–Kier alpha value is -2.17. The molecule has 0 atom stereocenters. The van der Waals surface area contributed by atoms with Gasteiger partial charge >= 0.3 is 0 Å². The fourth-order valence-electron chi connectivity index (χ4n) is 3.91. The molecule has 33 heavy (non-hydrogen) atoms. The summed E-state index contributed by atoms with van der Waals surface area (Å²) in [6.07, 6.45) is 0.510. The Balaban J connectivity index is 2.05. The summed E-state index contributed by atoms with van der Waals surface area (Å²) in [4.78, 5) is 0. The zero-order chi connectivity index (χ0) is 24.4. The molecule has 0 spiro atoms. The summed E-state index contributed by atoms with van der Waals surface area (Å²) in [7, 11) is 0. The first-order chi connectivity index (χ1) is 15.4. The Morgan fingerprint density at radius 3 is 1.48 bits per heavy atom. The summed E-state index contributed by atoms with van der Waals surface area (Å²) in [6.45, 7) is 1.66. The lowest BCUT2D eigenvalue weighted by Gasteiger charge is -2.28. The quantitative estimate of drug-likeness (QED) is 0.256. The van der Waals surface area contributed by atoms with Gasteiger partial charge in [-0.25, -0.2) is 17.6 Å². The third-order valence-electron chi connectivity index (χ3n) is 5.57. The van der Waals surface area contributed by atoms with Crippen molar-refractivity contribution >= 4 is 31.9 Å². The summed E-state index contributed by atoms with van der Waals surface area (Å²) in [6, 6.07) is 20.8. The van der Waals surface area contributed by atoms with Crippen LogP contribution in [0.4, 0.5) is 17.6 Å². The Kier molecular flexibility index (Phi) is 7.40. The van der Waals surface area contributed by atoms with E-state index >= 15 is 0 Å². The molecule has 0 radical (unpaired) electrons. The van der Waals surface area contributed by atoms with Crippen molar-refractivity contribution in [2.24, 2.45) is 0 Å². The molecule has 3 aromatic carbocycles. The summed E-state index contributed by atoms with van der Waals surface area (Å²) in [5.74, 6) is -6.00. The molecular weight excluding hydrogens is 562 g/mol. The molecule has 7 heteroatoms. The highest BCUT2D eigenvalue weighted by Gasteiger charge is 2.35. The van der Waals surface area contributed by atoms with Gasteiger partial charge in [0.05, 0.1) is 11.5 Å². The lowest BCUT2D eigenvalue weighted by molar-refractivity contribution is 0.0160. The third-order valence-corrected chi connectivity index (χ3v) is 6.88. The highest BCUT2D eigenvalue weighted by molar-refractivity contribution is 9.10. The van der Waals surface area contributed by atoms with Crippen LogP contribution in [0.15, 0.2) is 75.7 Å². The van der Waals surface area contributed by atoms with Gasteiger partial charge in [0.2, 0.25) is 0 Å².